The van der Waals surface area contributed by atoms with Gasteiger partial charge < -0.3 is 14.9 Å². The van der Waals surface area contributed by atoms with Gasteiger partial charge in [0.2, 0.25) is 5.75 Å². The maximum Gasteiger partial charge on any atom is 0.379 e. The Bertz CT molecular complexity index is 591. The number of nitrogens with zero attached hydrogens (tertiary/aromatic N) is 1. The van der Waals surface area contributed by atoms with Gasteiger partial charge in [0.1, 0.15) is 5.76 Å². The third kappa shape index (κ3) is 3.31. The molecule has 0 spiro atoms. The minimum Gasteiger partial charge on any atom is -0.507 e. The van der Waals surface area contributed by atoms with Crippen LogP contribution in [0.25, 0.3) is 5.76 Å². The van der Waals surface area contributed by atoms with Crippen LogP contribution in [0.1, 0.15) is 12.5 Å². The van der Waals surface area contributed by atoms with Crippen LogP contribution in [-0.2, 0) is 14.3 Å². The summed E-state index contributed by atoms with van der Waals surface area (Å²) in [7, 11) is 0. The first-order valence-electron chi connectivity index (χ1n) is 5.47. The summed E-state index contributed by atoms with van der Waals surface area (Å²) >= 11 is 0. The van der Waals surface area contributed by atoms with E-state index < -0.39 is 33.9 Å². The van der Waals surface area contributed by atoms with Gasteiger partial charge in [-0.1, -0.05) is 6.07 Å². The molecular formula is C12H11NO7. The molecule has 0 aliphatic carbocycles. The van der Waals surface area contributed by atoms with E-state index in [9.17, 15) is 29.9 Å². The van der Waals surface area contributed by atoms with E-state index in [2.05, 4.69) is 4.74 Å². The number of benzene rings is 1. The number of aromatic hydroxyl groups is 1. The molecule has 0 heterocycles. The Morgan fingerprint density at radius 3 is 2.65 bits per heavy atom. The Morgan fingerprint density at radius 1 is 1.45 bits per heavy atom. The highest BCUT2D eigenvalue weighted by atomic mass is 16.6. The highest BCUT2D eigenvalue weighted by Crippen LogP contribution is 2.32. The third-order valence-electron chi connectivity index (χ3n) is 2.23. The molecule has 0 saturated carbocycles. The lowest BCUT2D eigenvalue weighted by molar-refractivity contribution is -0.385. The fourth-order valence-electron chi connectivity index (χ4n) is 1.35. The molecule has 0 radical (unpaired) electrons. The minimum atomic E-state index is -1.18. The summed E-state index contributed by atoms with van der Waals surface area (Å²) in [6.07, 6.45) is 0.525. The number of hydrogen-bond acceptors (Lipinski definition) is 7. The number of carbonyl (C=O) groups is 2. The molecule has 0 aliphatic rings. The lowest BCUT2D eigenvalue weighted by Gasteiger charge is -2.04. The van der Waals surface area contributed by atoms with Gasteiger partial charge in [-0.3, -0.25) is 14.9 Å². The van der Waals surface area contributed by atoms with Crippen molar-refractivity contribution in [2.75, 3.05) is 6.61 Å². The normalized spacial score (nSPS) is 10.9. The topological polar surface area (TPSA) is 127 Å². The largest absolute Gasteiger partial charge is 0.507 e. The molecule has 0 aliphatic heterocycles. The van der Waals surface area contributed by atoms with Gasteiger partial charge in [-0.15, -0.1) is 0 Å². The quantitative estimate of drug-likeness (QED) is 0.208. The Balaban J connectivity index is 3.12. The molecule has 0 atom stereocenters. The second kappa shape index (κ2) is 6.32. The Morgan fingerprint density at radius 2 is 2.10 bits per heavy atom. The molecule has 0 saturated heterocycles. The number of hydrogen-bond donors (Lipinski definition) is 2. The molecular weight excluding hydrogens is 270 g/mol. The summed E-state index contributed by atoms with van der Waals surface area (Å²) < 4.78 is 4.42. The average Bonchev–Trinajstić information content (AvgIpc) is 2.38. The van der Waals surface area contributed by atoms with Crippen molar-refractivity contribution in [1.82, 2.24) is 0 Å². The summed E-state index contributed by atoms with van der Waals surface area (Å²) in [5.41, 5.74) is -0.970. The van der Waals surface area contributed by atoms with E-state index in [1.165, 1.54) is 13.0 Å². The van der Waals surface area contributed by atoms with Crippen LogP contribution in [-0.4, -0.2) is 33.5 Å². The first kappa shape index (κ1) is 15.2. The van der Waals surface area contributed by atoms with Crippen molar-refractivity contribution in [3.05, 3.63) is 40.0 Å². The molecule has 20 heavy (non-hydrogen) atoms. The van der Waals surface area contributed by atoms with E-state index in [0.717, 1.165) is 12.1 Å². The summed E-state index contributed by atoms with van der Waals surface area (Å²) in [5, 5.41) is 29.9. The van der Waals surface area contributed by atoms with Crippen molar-refractivity contribution >= 4 is 23.2 Å². The Labute approximate surface area is 113 Å². The smallest absolute Gasteiger partial charge is 0.379 e. The van der Waals surface area contributed by atoms with Crippen LogP contribution < -0.4 is 0 Å². The fraction of sp³-hybridized carbons (Fsp3) is 0.167. The number of ether oxygens (including phenoxy) is 1. The molecule has 1 aromatic rings. The molecule has 0 bridgehead atoms. The van der Waals surface area contributed by atoms with Crippen LogP contribution in [0.3, 0.4) is 0 Å². The van der Waals surface area contributed by atoms with E-state index in [4.69, 9.17) is 0 Å². The van der Waals surface area contributed by atoms with E-state index in [1.54, 1.807) is 0 Å². The van der Waals surface area contributed by atoms with E-state index >= 15 is 0 Å². The molecule has 0 amide bonds. The molecule has 0 fully saturated rings. The maximum atomic E-state index is 11.3. The summed E-state index contributed by atoms with van der Waals surface area (Å²) in [4.78, 5) is 32.2. The fourth-order valence-corrected chi connectivity index (χ4v) is 1.35. The Kier molecular flexibility index (Phi) is 4.79. The number of nitro groups is 1. The van der Waals surface area contributed by atoms with Crippen molar-refractivity contribution in [1.29, 1.82) is 0 Å². The molecule has 1 rings (SSSR count). The van der Waals surface area contributed by atoms with E-state index in [0.29, 0.717) is 6.08 Å². The third-order valence-corrected chi connectivity index (χ3v) is 2.23. The predicted molar refractivity (Wildman–Crippen MR) is 67.0 cm³/mol. The van der Waals surface area contributed by atoms with E-state index in [1.807, 2.05) is 0 Å². The Hall–Kier alpha value is -2.90. The number of esters is 1. The van der Waals surface area contributed by atoms with Gasteiger partial charge in [0.15, 0.2) is 0 Å². The van der Waals surface area contributed by atoms with Crippen molar-refractivity contribution < 1.29 is 29.5 Å². The van der Waals surface area contributed by atoms with Gasteiger partial charge in [-0.05, 0) is 13.0 Å². The van der Waals surface area contributed by atoms with Crippen molar-refractivity contribution in [2.24, 2.45) is 0 Å². The molecule has 1 aromatic carbocycles. The van der Waals surface area contributed by atoms with Crippen molar-refractivity contribution in [2.45, 2.75) is 6.92 Å². The average molecular weight is 281 g/mol. The number of carbonyl (C=O) groups excluding carboxylic acids is 2. The van der Waals surface area contributed by atoms with E-state index in [-0.39, 0.29) is 12.2 Å². The van der Waals surface area contributed by atoms with Gasteiger partial charge in [0.25, 0.3) is 5.78 Å². The van der Waals surface area contributed by atoms with Crippen LogP contribution in [0.5, 0.6) is 5.75 Å². The lowest BCUT2D eigenvalue weighted by atomic mass is 10.1. The zero-order valence-corrected chi connectivity index (χ0v) is 10.4. The van der Waals surface area contributed by atoms with Crippen LogP contribution in [0.4, 0.5) is 5.69 Å². The maximum absolute atomic E-state index is 11.3. The van der Waals surface area contributed by atoms with Crippen molar-refractivity contribution in [3.63, 3.8) is 0 Å². The highest BCUT2D eigenvalue weighted by Gasteiger charge is 2.20. The summed E-state index contributed by atoms with van der Waals surface area (Å²) in [6.45, 7) is 1.49. The molecule has 8 heteroatoms. The number of aliphatic hydroxyl groups excluding tert-OH is 1. The van der Waals surface area contributed by atoms with Crippen molar-refractivity contribution in [3.8, 4) is 5.75 Å². The monoisotopic (exact) mass is 281 g/mol. The molecule has 2 N–H and O–H groups in total. The standard InChI is InChI=1S/C12H11NO7/c1-2-20-12(17)10(15)6-9(14)7-4-3-5-8(11(7)16)13(18)19/h3-6,14,16H,2H2,1H3/b9-6+. The second-order valence-electron chi connectivity index (χ2n) is 3.54. The first-order valence-corrected chi connectivity index (χ1v) is 5.47. The van der Waals surface area contributed by atoms with Crippen LogP contribution >= 0.6 is 0 Å². The number of ketones is 1. The first-order chi connectivity index (χ1) is 9.38. The van der Waals surface area contributed by atoms with Crippen LogP contribution in [0, 0.1) is 10.1 Å². The number of phenols is 1. The number of rotatable bonds is 5. The lowest BCUT2D eigenvalue weighted by Crippen LogP contribution is -2.15. The zero-order chi connectivity index (χ0) is 15.3. The number of nitro benzene ring substituents is 1. The van der Waals surface area contributed by atoms with Gasteiger partial charge in [0, 0.05) is 12.1 Å². The number of phenolic OH excluding ortho intramolecular Hbond substituents is 1. The van der Waals surface area contributed by atoms with Crippen LogP contribution in [0.15, 0.2) is 24.3 Å². The van der Waals surface area contributed by atoms with Gasteiger partial charge in [0.05, 0.1) is 17.1 Å². The minimum absolute atomic E-state index is 0.0127. The number of aliphatic hydroxyl groups is 1. The second-order valence-corrected chi connectivity index (χ2v) is 3.54. The van der Waals surface area contributed by atoms with Gasteiger partial charge >= 0.3 is 11.7 Å². The van der Waals surface area contributed by atoms with Gasteiger partial charge in [-0.2, -0.15) is 0 Å². The number of para-hydroxylation sites is 1. The summed E-state index contributed by atoms with van der Waals surface area (Å²) in [5.74, 6) is -3.90. The van der Waals surface area contributed by atoms with Gasteiger partial charge in [-0.25, -0.2) is 4.79 Å². The molecule has 8 nitrogen and oxygen atoms in total. The summed E-state index contributed by atoms with van der Waals surface area (Å²) in [6, 6.07) is 3.40. The molecule has 0 unspecified atom stereocenters. The zero-order valence-electron chi connectivity index (χ0n) is 10.4. The highest BCUT2D eigenvalue weighted by molar-refractivity contribution is 6.39. The molecule has 106 valence electrons. The molecule has 0 aromatic heterocycles. The SMILES string of the molecule is CCOC(=O)C(=O)/C=C(/O)c1cccc([N+](=O)[O-])c1O. The predicted octanol–water partition coefficient (Wildman–Crippen LogP) is 1.33. The van der Waals surface area contributed by atoms with Crippen LogP contribution in [0.2, 0.25) is 0 Å².